The molecular weight excluding hydrogens is 216 g/mol. The lowest BCUT2D eigenvalue weighted by Crippen LogP contribution is -1.93. The van der Waals surface area contributed by atoms with Gasteiger partial charge in [-0.15, -0.1) is 0 Å². The molecule has 1 unspecified atom stereocenters. The molecule has 1 aromatic rings. The van der Waals surface area contributed by atoms with Gasteiger partial charge in [0.05, 0.1) is 12.7 Å². The van der Waals surface area contributed by atoms with E-state index in [1.165, 1.54) is 11.1 Å². The van der Waals surface area contributed by atoms with Crippen molar-refractivity contribution >= 4 is 15.9 Å². The van der Waals surface area contributed by atoms with Crippen LogP contribution in [0.15, 0.2) is 22.7 Å². The first-order valence-electron chi connectivity index (χ1n) is 4.12. The van der Waals surface area contributed by atoms with Crippen LogP contribution in [0.5, 0.6) is 0 Å². The van der Waals surface area contributed by atoms with E-state index >= 15 is 0 Å². The molecule has 0 saturated carbocycles. The molecule has 1 fully saturated rings. The lowest BCUT2D eigenvalue weighted by atomic mass is 10.1. The molecule has 64 valence electrons. The summed E-state index contributed by atoms with van der Waals surface area (Å²) in [7, 11) is 0. The summed E-state index contributed by atoms with van der Waals surface area (Å²) < 4.78 is 6.34. The van der Waals surface area contributed by atoms with E-state index < -0.39 is 0 Å². The van der Waals surface area contributed by atoms with Crippen LogP contribution in [0.4, 0.5) is 0 Å². The minimum atomic E-state index is 0.485. The highest BCUT2D eigenvalue weighted by molar-refractivity contribution is 9.10. The number of rotatable bonds is 2. The van der Waals surface area contributed by atoms with Gasteiger partial charge in [0.25, 0.3) is 0 Å². The Bertz CT molecular complexity index is 272. The van der Waals surface area contributed by atoms with Crippen molar-refractivity contribution in [3.8, 4) is 0 Å². The second-order valence-corrected chi connectivity index (χ2v) is 4.21. The van der Waals surface area contributed by atoms with Crippen LogP contribution in [0.25, 0.3) is 0 Å². The predicted octanol–water partition coefficient (Wildman–Crippen LogP) is 2.70. The Kier molecular flexibility index (Phi) is 2.20. The molecule has 0 N–H and O–H groups in total. The van der Waals surface area contributed by atoms with Crippen LogP contribution in [0, 0.1) is 6.92 Å². The zero-order chi connectivity index (χ0) is 8.55. The van der Waals surface area contributed by atoms with Crippen molar-refractivity contribution < 1.29 is 4.74 Å². The average molecular weight is 227 g/mol. The molecule has 0 aliphatic carbocycles. The first-order chi connectivity index (χ1) is 5.74. The molecular formula is C10H11BrO. The summed E-state index contributed by atoms with van der Waals surface area (Å²) in [6.07, 6.45) is 1.54. The second kappa shape index (κ2) is 3.19. The first-order valence-corrected chi connectivity index (χ1v) is 4.91. The SMILES string of the molecule is Cc1cc(Br)cc(CC2CO2)c1. The summed E-state index contributed by atoms with van der Waals surface area (Å²) in [6, 6.07) is 6.50. The van der Waals surface area contributed by atoms with Crippen molar-refractivity contribution in [2.45, 2.75) is 19.4 Å². The molecule has 2 heteroatoms. The van der Waals surface area contributed by atoms with Gasteiger partial charge >= 0.3 is 0 Å². The van der Waals surface area contributed by atoms with E-state index in [2.05, 4.69) is 41.1 Å². The minimum Gasteiger partial charge on any atom is -0.373 e. The highest BCUT2D eigenvalue weighted by Gasteiger charge is 2.22. The molecule has 0 radical (unpaired) electrons. The minimum absolute atomic E-state index is 0.485. The Morgan fingerprint density at radius 3 is 2.83 bits per heavy atom. The normalized spacial score (nSPS) is 21.0. The number of ether oxygens (including phenoxy) is 1. The summed E-state index contributed by atoms with van der Waals surface area (Å²) in [4.78, 5) is 0. The van der Waals surface area contributed by atoms with E-state index in [1.807, 2.05) is 0 Å². The fourth-order valence-electron chi connectivity index (χ4n) is 1.38. The number of hydrogen-bond donors (Lipinski definition) is 0. The fraction of sp³-hybridized carbons (Fsp3) is 0.400. The Hall–Kier alpha value is -0.340. The third-order valence-electron chi connectivity index (χ3n) is 1.97. The number of hydrogen-bond acceptors (Lipinski definition) is 1. The highest BCUT2D eigenvalue weighted by Crippen LogP contribution is 2.20. The quantitative estimate of drug-likeness (QED) is 0.707. The van der Waals surface area contributed by atoms with Gasteiger partial charge < -0.3 is 4.74 Å². The Balaban J connectivity index is 2.18. The van der Waals surface area contributed by atoms with Gasteiger partial charge in [0.2, 0.25) is 0 Å². The van der Waals surface area contributed by atoms with Crippen molar-refractivity contribution in [2.75, 3.05) is 6.61 Å². The van der Waals surface area contributed by atoms with Crippen LogP contribution in [0.1, 0.15) is 11.1 Å². The lowest BCUT2D eigenvalue weighted by Gasteiger charge is -2.01. The van der Waals surface area contributed by atoms with Gasteiger partial charge in [-0.3, -0.25) is 0 Å². The van der Waals surface area contributed by atoms with Crippen LogP contribution in [0.2, 0.25) is 0 Å². The molecule has 12 heavy (non-hydrogen) atoms. The van der Waals surface area contributed by atoms with Gasteiger partial charge in [0, 0.05) is 10.9 Å². The van der Waals surface area contributed by atoms with Crippen LogP contribution in [0.3, 0.4) is 0 Å². The largest absolute Gasteiger partial charge is 0.373 e. The summed E-state index contributed by atoms with van der Waals surface area (Å²) in [5.74, 6) is 0. The van der Waals surface area contributed by atoms with Crippen LogP contribution < -0.4 is 0 Å². The summed E-state index contributed by atoms with van der Waals surface area (Å²) >= 11 is 3.48. The van der Waals surface area contributed by atoms with Crippen LogP contribution >= 0.6 is 15.9 Å². The standard InChI is InChI=1S/C10H11BrO/c1-7-2-8(4-9(11)3-7)5-10-6-12-10/h2-4,10H,5-6H2,1H3. The zero-order valence-corrected chi connectivity index (χ0v) is 8.60. The molecule has 1 atom stereocenters. The average Bonchev–Trinajstić information content (AvgIpc) is 2.68. The van der Waals surface area contributed by atoms with Crippen molar-refractivity contribution in [3.05, 3.63) is 33.8 Å². The molecule has 1 nitrogen and oxygen atoms in total. The Labute approximate surface area is 80.9 Å². The Morgan fingerprint density at radius 1 is 1.50 bits per heavy atom. The van der Waals surface area contributed by atoms with Gasteiger partial charge in [-0.1, -0.05) is 22.0 Å². The van der Waals surface area contributed by atoms with Gasteiger partial charge in [0.15, 0.2) is 0 Å². The maximum atomic E-state index is 5.18. The number of epoxide rings is 1. The molecule has 1 saturated heterocycles. The molecule has 2 rings (SSSR count). The van der Waals surface area contributed by atoms with Crippen molar-refractivity contribution in [1.82, 2.24) is 0 Å². The van der Waals surface area contributed by atoms with E-state index in [9.17, 15) is 0 Å². The summed E-state index contributed by atoms with van der Waals surface area (Å²) in [6.45, 7) is 3.05. The number of halogens is 1. The number of benzene rings is 1. The monoisotopic (exact) mass is 226 g/mol. The second-order valence-electron chi connectivity index (χ2n) is 3.30. The Morgan fingerprint density at radius 2 is 2.25 bits per heavy atom. The molecule has 0 aromatic heterocycles. The third-order valence-corrected chi connectivity index (χ3v) is 2.43. The van der Waals surface area contributed by atoms with Crippen LogP contribution in [-0.2, 0) is 11.2 Å². The van der Waals surface area contributed by atoms with Crippen molar-refractivity contribution in [3.63, 3.8) is 0 Å². The fourth-order valence-corrected chi connectivity index (χ4v) is 2.03. The maximum Gasteiger partial charge on any atom is 0.0850 e. The van der Waals surface area contributed by atoms with Gasteiger partial charge in [-0.05, 0) is 30.2 Å². The highest BCUT2D eigenvalue weighted by atomic mass is 79.9. The van der Waals surface area contributed by atoms with Crippen molar-refractivity contribution in [1.29, 1.82) is 0 Å². The molecule has 1 aliphatic heterocycles. The molecule has 1 heterocycles. The van der Waals surface area contributed by atoms with Crippen molar-refractivity contribution in [2.24, 2.45) is 0 Å². The molecule has 1 aromatic carbocycles. The molecule has 0 bridgehead atoms. The van der Waals surface area contributed by atoms with E-state index in [1.54, 1.807) is 0 Å². The third kappa shape index (κ3) is 2.08. The number of aryl methyl sites for hydroxylation is 1. The van der Waals surface area contributed by atoms with E-state index in [-0.39, 0.29) is 0 Å². The zero-order valence-electron chi connectivity index (χ0n) is 7.01. The van der Waals surface area contributed by atoms with Gasteiger partial charge in [-0.2, -0.15) is 0 Å². The van der Waals surface area contributed by atoms with E-state index in [0.717, 1.165) is 17.5 Å². The van der Waals surface area contributed by atoms with Gasteiger partial charge in [0.1, 0.15) is 0 Å². The predicted molar refractivity (Wildman–Crippen MR) is 52.3 cm³/mol. The molecule has 1 aliphatic rings. The van der Waals surface area contributed by atoms with E-state index in [0.29, 0.717) is 6.10 Å². The smallest absolute Gasteiger partial charge is 0.0850 e. The van der Waals surface area contributed by atoms with E-state index in [4.69, 9.17) is 4.74 Å². The summed E-state index contributed by atoms with van der Waals surface area (Å²) in [5.41, 5.74) is 2.67. The van der Waals surface area contributed by atoms with Crippen LogP contribution in [-0.4, -0.2) is 12.7 Å². The summed E-state index contributed by atoms with van der Waals surface area (Å²) in [5, 5.41) is 0. The molecule has 0 amide bonds. The lowest BCUT2D eigenvalue weighted by molar-refractivity contribution is 0.407. The molecule has 0 spiro atoms. The first kappa shape index (κ1) is 8.27. The maximum absolute atomic E-state index is 5.18. The topological polar surface area (TPSA) is 12.5 Å². The van der Waals surface area contributed by atoms with Gasteiger partial charge in [-0.25, -0.2) is 0 Å².